The molecule has 1 amide bonds. The molecule has 1 saturated heterocycles. The monoisotopic (exact) mass is 245 g/mol. The summed E-state index contributed by atoms with van der Waals surface area (Å²) in [5.41, 5.74) is -0.581. The van der Waals surface area contributed by atoms with Crippen molar-refractivity contribution in [2.75, 3.05) is 13.3 Å². The highest BCUT2D eigenvalue weighted by Crippen LogP contribution is 2.27. The summed E-state index contributed by atoms with van der Waals surface area (Å²) in [4.78, 5) is 24.0. The molecule has 0 saturated carbocycles. The van der Waals surface area contributed by atoms with E-state index in [0.29, 0.717) is 6.42 Å². The number of amides is 1. The van der Waals surface area contributed by atoms with E-state index in [1.807, 2.05) is 6.92 Å². The maximum Gasteiger partial charge on any atom is 0.328 e. The van der Waals surface area contributed by atoms with Crippen LogP contribution in [0.4, 0.5) is 0 Å². The van der Waals surface area contributed by atoms with E-state index in [9.17, 15) is 14.7 Å². The first-order chi connectivity index (χ1) is 7.81. The fourth-order valence-corrected chi connectivity index (χ4v) is 1.55. The van der Waals surface area contributed by atoms with Crippen molar-refractivity contribution in [3.63, 3.8) is 0 Å². The van der Waals surface area contributed by atoms with Crippen LogP contribution in [0.5, 0.6) is 0 Å². The second-order valence-electron chi connectivity index (χ2n) is 4.91. The number of hydrogen-bond donors (Lipinski definition) is 2. The van der Waals surface area contributed by atoms with Crippen molar-refractivity contribution >= 4 is 11.9 Å². The lowest BCUT2D eigenvalue weighted by atomic mass is 9.83. The summed E-state index contributed by atoms with van der Waals surface area (Å²) in [7, 11) is 0. The van der Waals surface area contributed by atoms with Gasteiger partial charge in [0.2, 0.25) is 0 Å². The van der Waals surface area contributed by atoms with E-state index in [1.54, 1.807) is 13.8 Å². The van der Waals surface area contributed by atoms with Crippen LogP contribution in [0.25, 0.3) is 0 Å². The number of carbonyl (C=O) groups excluding carboxylic acids is 1. The van der Waals surface area contributed by atoms with Gasteiger partial charge in [-0.3, -0.25) is 4.79 Å². The molecular formula is C11H19NO5. The number of carboxylic acids is 1. The third-order valence-corrected chi connectivity index (χ3v) is 3.34. The lowest BCUT2D eigenvalue weighted by Crippen LogP contribution is -2.50. The highest BCUT2D eigenvalue weighted by atomic mass is 16.5. The Labute approximate surface area is 100 Å². The molecule has 2 atom stereocenters. The molecule has 0 aromatic rings. The number of ether oxygens (including phenoxy) is 1. The number of nitrogens with zero attached hydrogens (tertiary/aromatic N) is 1. The molecule has 98 valence electrons. The Morgan fingerprint density at radius 1 is 1.53 bits per heavy atom. The number of carbonyl (C=O) groups is 2. The minimum atomic E-state index is -1.21. The molecule has 0 bridgehead atoms. The summed E-state index contributed by atoms with van der Waals surface area (Å²) in [5.74, 6) is -1.70. The molecule has 1 heterocycles. The minimum Gasteiger partial charge on any atom is -0.480 e. The molecule has 0 aliphatic carbocycles. The zero-order valence-electron chi connectivity index (χ0n) is 10.3. The first-order valence-corrected chi connectivity index (χ1v) is 5.60. The molecule has 1 fully saturated rings. The second-order valence-corrected chi connectivity index (χ2v) is 4.91. The fraction of sp³-hybridized carbons (Fsp3) is 0.818. The van der Waals surface area contributed by atoms with Gasteiger partial charge in [-0.05, 0) is 11.8 Å². The standard InChI is InChI=1S/C11H19NO5/c1-4-11(2,3)8(13)9(14)12-6-17-5-7(12)10(15)16/h7-8,13H,4-6H2,1-3H3,(H,15,16). The highest BCUT2D eigenvalue weighted by Gasteiger charge is 2.41. The van der Waals surface area contributed by atoms with Gasteiger partial charge in [-0.15, -0.1) is 0 Å². The molecule has 1 aliphatic rings. The molecule has 0 aromatic carbocycles. The van der Waals surface area contributed by atoms with Gasteiger partial charge in [0.1, 0.15) is 12.8 Å². The van der Waals surface area contributed by atoms with Crippen LogP contribution in [0.2, 0.25) is 0 Å². The largest absolute Gasteiger partial charge is 0.480 e. The number of carboxylic acid groups (broad SMARTS) is 1. The minimum absolute atomic E-state index is 0.0274. The van der Waals surface area contributed by atoms with Crippen molar-refractivity contribution in [3.05, 3.63) is 0 Å². The van der Waals surface area contributed by atoms with E-state index in [0.717, 1.165) is 4.90 Å². The fourth-order valence-electron chi connectivity index (χ4n) is 1.55. The summed E-state index contributed by atoms with van der Waals surface area (Å²) in [6.07, 6.45) is -0.595. The van der Waals surface area contributed by atoms with Crippen LogP contribution in [-0.2, 0) is 14.3 Å². The highest BCUT2D eigenvalue weighted by molar-refractivity contribution is 5.87. The first-order valence-electron chi connectivity index (χ1n) is 5.60. The molecule has 0 aromatic heterocycles. The Kier molecular flexibility index (Phi) is 4.11. The van der Waals surface area contributed by atoms with Gasteiger partial charge in [0.15, 0.2) is 6.04 Å². The SMILES string of the molecule is CCC(C)(C)C(O)C(=O)N1COCC1C(=O)O. The quantitative estimate of drug-likeness (QED) is 0.731. The third kappa shape index (κ3) is 2.76. The van der Waals surface area contributed by atoms with Crippen molar-refractivity contribution in [3.8, 4) is 0 Å². The van der Waals surface area contributed by atoms with Gasteiger partial charge in [-0.1, -0.05) is 20.8 Å². The zero-order chi connectivity index (χ0) is 13.2. The molecule has 17 heavy (non-hydrogen) atoms. The van der Waals surface area contributed by atoms with Crippen molar-refractivity contribution in [2.24, 2.45) is 5.41 Å². The molecule has 1 aliphatic heterocycles. The predicted octanol–water partition coefficient (Wildman–Crippen LogP) is 0.0530. The van der Waals surface area contributed by atoms with Crippen LogP contribution in [-0.4, -0.2) is 52.5 Å². The number of aliphatic hydroxyl groups excluding tert-OH is 1. The molecule has 1 rings (SSSR count). The van der Waals surface area contributed by atoms with Crippen LogP contribution < -0.4 is 0 Å². The number of rotatable bonds is 4. The van der Waals surface area contributed by atoms with Gasteiger partial charge >= 0.3 is 5.97 Å². The molecule has 0 spiro atoms. The Morgan fingerprint density at radius 2 is 2.12 bits per heavy atom. The third-order valence-electron chi connectivity index (χ3n) is 3.34. The molecule has 6 heteroatoms. The smallest absolute Gasteiger partial charge is 0.328 e. The number of hydrogen-bond acceptors (Lipinski definition) is 4. The molecule has 2 unspecified atom stereocenters. The van der Waals surface area contributed by atoms with Crippen molar-refractivity contribution < 1.29 is 24.5 Å². The zero-order valence-corrected chi connectivity index (χ0v) is 10.3. The summed E-state index contributed by atoms with van der Waals surface area (Å²) in [6.45, 7) is 5.29. The van der Waals surface area contributed by atoms with E-state index in [2.05, 4.69) is 0 Å². The molecule has 6 nitrogen and oxygen atoms in total. The van der Waals surface area contributed by atoms with Gasteiger partial charge in [0, 0.05) is 0 Å². The lowest BCUT2D eigenvalue weighted by Gasteiger charge is -2.31. The summed E-state index contributed by atoms with van der Waals surface area (Å²) >= 11 is 0. The van der Waals surface area contributed by atoms with Crippen molar-refractivity contribution in [1.82, 2.24) is 4.90 Å². The van der Waals surface area contributed by atoms with Gasteiger partial charge < -0.3 is 19.8 Å². The van der Waals surface area contributed by atoms with Crippen LogP contribution in [0, 0.1) is 5.41 Å². The lowest BCUT2D eigenvalue weighted by molar-refractivity contribution is -0.155. The predicted molar refractivity (Wildman–Crippen MR) is 59.2 cm³/mol. The van der Waals surface area contributed by atoms with E-state index in [4.69, 9.17) is 9.84 Å². The molecular weight excluding hydrogens is 226 g/mol. The topological polar surface area (TPSA) is 87.1 Å². The summed E-state index contributed by atoms with van der Waals surface area (Å²) in [6, 6.07) is -0.996. The summed E-state index contributed by atoms with van der Waals surface area (Å²) in [5, 5.41) is 18.9. The first kappa shape index (κ1) is 13.9. The number of aliphatic carboxylic acids is 1. The van der Waals surface area contributed by atoms with Gasteiger partial charge in [-0.25, -0.2) is 4.79 Å². The van der Waals surface area contributed by atoms with Crippen LogP contribution in [0.15, 0.2) is 0 Å². The van der Waals surface area contributed by atoms with Gasteiger partial charge in [0.25, 0.3) is 5.91 Å². The van der Waals surface area contributed by atoms with E-state index in [-0.39, 0.29) is 13.3 Å². The van der Waals surface area contributed by atoms with Gasteiger partial charge in [0.05, 0.1) is 6.61 Å². The van der Waals surface area contributed by atoms with Crippen molar-refractivity contribution in [1.29, 1.82) is 0 Å². The van der Waals surface area contributed by atoms with Crippen LogP contribution in [0.3, 0.4) is 0 Å². The van der Waals surface area contributed by atoms with E-state index in [1.165, 1.54) is 0 Å². The maximum absolute atomic E-state index is 12.0. The average molecular weight is 245 g/mol. The van der Waals surface area contributed by atoms with E-state index >= 15 is 0 Å². The maximum atomic E-state index is 12.0. The van der Waals surface area contributed by atoms with Crippen molar-refractivity contribution in [2.45, 2.75) is 39.3 Å². The van der Waals surface area contributed by atoms with E-state index < -0.39 is 29.4 Å². The normalized spacial score (nSPS) is 22.6. The second kappa shape index (κ2) is 5.01. The Hall–Kier alpha value is -1.14. The Balaban J connectivity index is 2.79. The molecule has 2 N–H and O–H groups in total. The Bertz CT molecular complexity index is 315. The molecule has 0 radical (unpaired) electrons. The Morgan fingerprint density at radius 3 is 2.59 bits per heavy atom. The van der Waals surface area contributed by atoms with Crippen LogP contribution in [0.1, 0.15) is 27.2 Å². The summed E-state index contributed by atoms with van der Waals surface area (Å²) < 4.78 is 4.96. The van der Waals surface area contributed by atoms with Gasteiger partial charge in [-0.2, -0.15) is 0 Å². The average Bonchev–Trinajstić information content (AvgIpc) is 2.75. The number of aliphatic hydroxyl groups is 1. The van der Waals surface area contributed by atoms with Crippen LogP contribution >= 0.6 is 0 Å².